The fraction of sp³-hybridized carbons (Fsp3) is 0.417. The minimum Gasteiger partial charge on any atom is -0.476 e. The van der Waals surface area contributed by atoms with E-state index >= 15 is 0 Å². The number of carboxylic acids is 1. The van der Waals surface area contributed by atoms with Crippen LogP contribution >= 0.6 is 11.8 Å². The minimum atomic E-state index is -1.16. The maximum absolute atomic E-state index is 12.1. The molecule has 19 heavy (non-hydrogen) atoms. The largest absolute Gasteiger partial charge is 0.476 e. The zero-order chi connectivity index (χ0) is 13.8. The van der Waals surface area contributed by atoms with Crippen molar-refractivity contribution in [3.8, 4) is 0 Å². The molecule has 102 valence electrons. The van der Waals surface area contributed by atoms with E-state index in [9.17, 15) is 9.59 Å². The highest BCUT2D eigenvalue weighted by Gasteiger charge is 2.24. The topological polar surface area (TPSA) is 82.5 Å². The third-order valence-electron chi connectivity index (χ3n) is 3.03. The molecular formula is C12H15N3O3S. The summed E-state index contributed by atoms with van der Waals surface area (Å²) in [6, 6.07) is 3.02. The highest BCUT2D eigenvalue weighted by atomic mass is 32.2. The second-order valence-corrected chi connectivity index (χ2v) is 5.41. The number of carboxylic acid groups (broad SMARTS) is 1. The third-order valence-corrected chi connectivity index (χ3v) is 4.17. The van der Waals surface area contributed by atoms with Gasteiger partial charge in [0.25, 0.3) is 0 Å². The van der Waals surface area contributed by atoms with Gasteiger partial charge in [-0.3, -0.25) is 0 Å². The highest BCUT2D eigenvalue weighted by molar-refractivity contribution is 7.99. The van der Waals surface area contributed by atoms with Crippen molar-refractivity contribution in [1.82, 2.24) is 9.88 Å². The number of nitrogens with zero attached hydrogens (tertiary/aromatic N) is 2. The Kier molecular flexibility index (Phi) is 4.26. The van der Waals surface area contributed by atoms with Crippen molar-refractivity contribution in [1.29, 1.82) is 0 Å². The van der Waals surface area contributed by atoms with Crippen LogP contribution in [0.3, 0.4) is 0 Å². The van der Waals surface area contributed by atoms with Crippen molar-refractivity contribution in [2.75, 3.05) is 23.9 Å². The first-order valence-electron chi connectivity index (χ1n) is 5.89. The monoisotopic (exact) mass is 281 g/mol. The predicted molar refractivity (Wildman–Crippen MR) is 73.7 cm³/mol. The Morgan fingerprint density at radius 2 is 2.37 bits per heavy atom. The maximum Gasteiger partial charge on any atom is 0.356 e. The van der Waals surface area contributed by atoms with Crippen LogP contribution < -0.4 is 5.32 Å². The van der Waals surface area contributed by atoms with E-state index in [0.29, 0.717) is 0 Å². The summed E-state index contributed by atoms with van der Waals surface area (Å²) < 4.78 is 0. The van der Waals surface area contributed by atoms with Gasteiger partial charge >= 0.3 is 12.0 Å². The quantitative estimate of drug-likeness (QED) is 0.882. The fourth-order valence-electron chi connectivity index (χ4n) is 1.87. The summed E-state index contributed by atoms with van der Waals surface area (Å²) in [5.41, 5.74) is 0.0718. The molecule has 6 nitrogen and oxygen atoms in total. The van der Waals surface area contributed by atoms with Crippen LogP contribution in [-0.4, -0.2) is 51.6 Å². The normalized spacial score (nSPS) is 18.1. The molecule has 1 aliphatic rings. The summed E-state index contributed by atoms with van der Waals surface area (Å²) in [6.07, 6.45) is 2.35. The average molecular weight is 281 g/mol. The van der Waals surface area contributed by atoms with Crippen molar-refractivity contribution in [3.63, 3.8) is 0 Å². The van der Waals surface area contributed by atoms with Crippen LogP contribution in [0.4, 0.5) is 10.5 Å². The number of hydrogen-bond donors (Lipinski definition) is 2. The molecule has 1 aliphatic heterocycles. The summed E-state index contributed by atoms with van der Waals surface area (Å²) in [5.74, 6) is 0.813. The number of urea groups is 1. The van der Waals surface area contributed by atoms with Gasteiger partial charge in [0, 0.05) is 25.0 Å². The molecule has 1 aromatic heterocycles. The van der Waals surface area contributed by atoms with Crippen LogP contribution in [0.5, 0.6) is 0 Å². The molecule has 2 amide bonds. The number of anilines is 1. The van der Waals surface area contributed by atoms with Gasteiger partial charge in [0.15, 0.2) is 5.69 Å². The maximum atomic E-state index is 12.1. The van der Waals surface area contributed by atoms with Gasteiger partial charge in [-0.15, -0.1) is 0 Å². The van der Waals surface area contributed by atoms with Gasteiger partial charge in [-0.25, -0.2) is 14.6 Å². The summed E-state index contributed by atoms with van der Waals surface area (Å²) in [7, 11) is 1.72. The summed E-state index contributed by atoms with van der Waals surface area (Å²) in [5, 5.41) is 11.6. The van der Waals surface area contributed by atoms with E-state index in [2.05, 4.69) is 10.3 Å². The zero-order valence-electron chi connectivity index (χ0n) is 10.5. The van der Waals surface area contributed by atoms with Crippen molar-refractivity contribution in [3.05, 3.63) is 24.0 Å². The van der Waals surface area contributed by atoms with Gasteiger partial charge in [0.05, 0.1) is 5.69 Å². The summed E-state index contributed by atoms with van der Waals surface area (Å²) in [6.45, 7) is 0. The predicted octanol–water partition coefficient (Wildman–Crippen LogP) is 1.75. The molecule has 7 heteroatoms. The van der Waals surface area contributed by atoms with Crippen LogP contribution in [-0.2, 0) is 0 Å². The minimum absolute atomic E-state index is 0.148. The molecule has 0 radical (unpaired) electrons. The Bertz CT molecular complexity index is 489. The number of thioether (sulfide) groups is 1. The number of hydrogen-bond acceptors (Lipinski definition) is 4. The Hall–Kier alpha value is -1.76. The number of carbonyl (C=O) groups is 2. The number of aromatic carboxylic acids is 1. The fourth-order valence-corrected chi connectivity index (χ4v) is 3.14. The Morgan fingerprint density at radius 1 is 1.58 bits per heavy atom. The van der Waals surface area contributed by atoms with Crippen LogP contribution in [0, 0.1) is 0 Å². The first-order valence-corrected chi connectivity index (χ1v) is 7.05. The lowest BCUT2D eigenvalue weighted by Crippen LogP contribution is -2.40. The average Bonchev–Trinajstić information content (AvgIpc) is 2.92. The van der Waals surface area contributed by atoms with Gasteiger partial charge in [0.2, 0.25) is 0 Å². The number of carbonyl (C=O) groups excluding carboxylic acids is 1. The van der Waals surface area contributed by atoms with Crippen molar-refractivity contribution >= 4 is 29.4 Å². The van der Waals surface area contributed by atoms with Gasteiger partial charge in [0.1, 0.15) is 0 Å². The molecule has 1 fully saturated rings. The zero-order valence-corrected chi connectivity index (χ0v) is 11.3. The molecule has 2 rings (SSSR count). The molecule has 2 heterocycles. The number of aromatic nitrogens is 1. The molecule has 0 aromatic carbocycles. The number of amides is 2. The first kappa shape index (κ1) is 13.7. The smallest absolute Gasteiger partial charge is 0.356 e. The van der Waals surface area contributed by atoms with E-state index in [4.69, 9.17) is 5.11 Å². The van der Waals surface area contributed by atoms with Crippen molar-refractivity contribution < 1.29 is 14.7 Å². The second-order valence-electron chi connectivity index (χ2n) is 4.26. The number of pyridine rings is 1. The standard InChI is InChI=1S/C12H15N3O3S/c1-15(8-4-6-19-7-8)12(18)14-9-3-2-5-13-10(9)11(16)17/h2-3,5,8H,4,6-7H2,1H3,(H,14,18)(H,16,17). The van der Waals surface area contributed by atoms with E-state index in [1.165, 1.54) is 12.3 Å². The molecule has 1 unspecified atom stereocenters. The van der Waals surface area contributed by atoms with E-state index in [1.807, 2.05) is 11.8 Å². The van der Waals surface area contributed by atoms with Crippen molar-refractivity contribution in [2.24, 2.45) is 0 Å². The van der Waals surface area contributed by atoms with E-state index in [0.717, 1.165) is 17.9 Å². The summed E-state index contributed by atoms with van der Waals surface area (Å²) in [4.78, 5) is 28.4. The van der Waals surface area contributed by atoms with Crippen LogP contribution in [0.2, 0.25) is 0 Å². The van der Waals surface area contributed by atoms with Gasteiger partial charge in [-0.05, 0) is 24.3 Å². The Labute approximate surface area is 115 Å². The molecule has 0 saturated carbocycles. The van der Waals surface area contributed by atoms with Crippen LogP contribution in [0.25, 0.3) is 0 Å². The first-order chi connectivity index (χ1) is 9.09. The van der Waals surface area contributed by atoms with Crippen molar-refractivity contribution in [2.45, 2.75) is 12.5 Å². The molecule has 1 saturated heterocycles. The molecule has 2 N–H and O–H groups in total. The lowest BCUT2D eigenvalue weighted by atomic mass is 10.2. The number of rotatable bonds is 3. The van der Waals surface area contributed by atoms with Gasteiger partial charge < -0.3 is 15.3 Å². The summed E-state index contributed by atoms with van der Waals surface area (Å²) >= 11 is 1.81. The van der Waals surface area contributed by atoms with E-state index < -0.39 is 5.97 Å². The molecule has 1 aromatic rings. The van der Waals surface area contributed by atoms with E-state index in [-0.39, 0.29) is 23.5 Å². The van der Waals surface area contributed by atoms with Crippen LogP contribution in [0.1, 0.15) is 16.9 Å². The highest BCUT2D eigenvalue weighted by Crippen LogP contribution is 2.22. The molecule has 0 aliphatic carbocycles. The van der Waals surface area contributed by atoms with Crippen LogP contribution in [0.15, 0.2) is 18.3 Å². The molecule has 1 atom stereocenters. The Balaban J connectivity index is 2.08. The SMILES string of the molecule is CN(C(=O)Nc1cccnc1C(=O)O)C1CCSC1. The van der Waals surface area contributed by atoms with E-state index in [1.54, 1.807) is 18.0 Å². The number of nitrogens with one attached hydrogen (secondary N) is 1. The molecule has 0 bridgehead atoms. The molecule has 0 spiro atoms. The third kappa shape index (κ3) is 3.17. The lowest BCUT2D eigenvalue weighted by Gasteiger charge is -2.24. The molecular weight excluding hydrogens is 266 g/mol. The van der Waals surface area contributed by atoms with Gasteiger partial charge in [-0.1, -0.05) is 0 Å². The lowest BCUT2D eigenvalue weighted by molar-refractivity contribution is 0.0691. The second kappa shape index (κ2) is 5.92. The van der Waals surface area contributed by atoms with Gasteiger partial charge in [-0.2, -0.15) is 11.8 Å². The Morgan fingerprint density at radius 3 is 3.00 bits per heavy atom.